The summed E-state index contributed by atoms with van der Waals surface area (Å²) in [5, 5.41) is 1.02. The van der Waals surface area contributed by atoms with Crippen molar-refractivity contribution in [3.63, 3.8) is 0 Å². The van der Waals surface area contributed by atoms with E-state index in [-0.39, 0.29) is 0 Å². The van der Waals surface area contributed by atoms with Crippen molar-refractivity contribution in [2.24, 2.45) is 11.1 Å². The molecule has 1 spiro atoms. The maximum absolute atomic E-state index is 6.44. The molecule has 146 valence electrons. The number of benzene rings is 1. The summed E-state index contributed by atoms with van der Waals surface area (Å²) in [5.41, 5.74) is 9.12. The van der Waals surface area contributed by atoms with E-state index in [1.165, 1.54) is 19.3 Å². The molecular formula is C21H23Cl2N5. The molecule has 2 N–H and O–H groups in total. The van der Waals surface area contributed by atoms with Crippen molar-refractivity contribution in [3.05, 3.63) is 46.8 Å². The summed E-state index contributed by atoms with van der Waals surface area (Å²) in [6.07, 6.45) is 11.7. The molecule has 1 saturated heterocycles. The van der Waals surface area contributed by atoms with Crippen molar-refractivity contribution < 1.29 is 0 Å². The Hall–Kier alpha value is -1.82. The van der Waals surface area contributed by atoms with E-state index < -0.39 is 0 Å². The first-order chi connectivity index (χ1) is 13.6. The van der Waals surface area contributed by atoms with Gasteiger partial charge in [0.05, 0.1) is 16.2 Å². The van der Waals surface area contributed by atoms with E-state index in [1.807, 2.05) is 24.5 Å². The molecule has 1 aliphatic carbocycles. The van der Waals surface area contributed by atoms with E-state index in [2.05, 4.69) is 14.3 Å². The van der Waals surface area contributed by atoms with E-state index in [0.29, 0.717) is 21.5 Å². The van der Waals surface area contributed by atoms with Crippen LogP contribution in [-0.2, 0) is 0 Å². The summed E-state index contributed by atoms with van der Waals surface area (Å²) in [6, 6.07) is 5.94. The first-order valence-corrected chi connectivity index (χ1v) is 10.6. The van der Waals surface area contributed by atoms with Crippen LogP contribution in [0.5, 0.6) is 0 Å². The van der Waals surface area contributed by atoms with E-state index in [1.54, 1.807) is 12.3 Å². The van der Waals surface area contributed by atoms with Gasteiger partial charge in [-0.05, 0) is 37.2 Å². The highest BCUT2D eigenvalue weighted by molar-refractivity contribution is 6.43. The summed E-state index contributed by atoms with van der Waals surface area (Å²) in [4.78, 5) is 11.7. The van der Waals surface area contributed by atoms with Gasteiger partial charge in [-0.3, -0.25) is 4.40 Å². The minimum atomic E-state index is 0.340. The van der Waals surface area contributed by atoms with Crippen LogP contribution in [0.4, 0.5) is 5.82 Å². The molecule has 0 radical (unpaired) electrons. The van der Waals surface area contributed by atoms with Crippen LogP contribution in [0, 0.1) is 5.41 Å². The van der Waals surface area contributed by atoms with Crippen molar-refractivity contribution in [1.82, 2.24) is 14.4 Å². The van der Waals surface area contributed by atoms with Crippen LogP contribution in [0.3, 0.4) is 0 Å². The third-order valence-electron chi connectivity index (χ3n) is 6.67. The molecule has 3 aromatic rings. The molecule has 1 aliphatic heterocycles. The first-order valence-electron chi connectivity index (χ1n) is 9.86. The molecular weight excluding hydrogens is 393 g/mol. The molecule has 1 atom stereocenters. The number of nitrogens with two attached hydrogens (primary N) is 1. The van der Waals surface area contributed by atoms with Gasteiger partial charge < -0.3 is 10.6 Å². The van der Waals surface area contributed by atoms with E-state index in [4.69, 9.17) is 33.9 Å². The van der Waals surface area contributed by atoms with E-state index in [0.717, 1.165) is 48.7 Å². The zero-order valence-corrected chi connectivity index (χ0v) is 17.1. The van der Waals surface area contributed by atoms with Crippen LogP contribution < -0.4 is 10.6 Å². The fourth-order valence-corrected chi connectivity index (χ4v) is 5.37. The van der Waals surface area contributed by atoms with Crippen LogP contribution in [0.15, 0.2) is 36.8 Å². The van der Waals surface area contributed by atoms with Gasteiger partial charge in [0.15, 0.2) is 5.65 Å². The second-order valence-corrected chi connectivity index (χ2v) is 8.82. The van der Waals surface area contributed by atoms with Crippen LogP contribution in [-0.4, -0.2) is 33.5 Å². The average Bonchev–Trinajstić information content (AvgIpc) is 3.32. The maximum Gasteiger partial charge on any atom is 0.165 e. The fourth-order valence-electron chi connectivity index (χ4n) is 4.98. The Morgan fingerprint density at radius 1 is 1.11 bits per heavy atom. The van der Waals surface area contributed by atoms with Crippen molar-refractivity contribution in [1.29, 1.82) is 0 Å². The molecule has 1 aromatic carbocycles. The maximum atomic E-state index is 6.44. The molecule has 28 heavy (non-hydrogen) atoms. The second kappa shape index (κ2) is 6.90. The molecule has 2 fully saturated rings. The van der Waals surface area contributed by atoms with Gasteiger partial charge in [-0.25, -0.2) is 9.97 Å². The molecule has 5 nitrogen and oxygen atoms in total. The Morgan fingerprint density at radius 2 is 1.93 bits per heavy atom. The summed E-state index contributed by atoms with van der Waals surface area (Å²) in [6.45, 7) is 2.00. The van der Waals surface area contributed by atoms with Gasteiger partial charge in [-0.2, -0.15) is 0 Å². The first kappa shape index (κ1) is 18.2. The van der Waals surface area contributed by atoms with Gasteiger partial charge in [0.2, 0.25) is 0 Å². The van der Waals surface area contributed by atoms with Gasteiger partial charge in [0, 0.05) is 37.1 Å². The third-order valence-corrected chi connectivity index (χ3v) is 7.49. The Kier molecular flexibility index (Phi) is 4.49. The van der Waals surface area contributed by atoms with Crippen molar-refractivity contribution in [2.45, 2.75) is 38.1 Å². The van der Waals surface area contributed by atoms with Crippen LogP contribution in [0.2, 0.25) is 10.0 Å². The van der Waals surface area contributed by atoms with Crippen LogP contribution >= 0.6 is 23.2 Å². The highest BCUT2D eigenvalue weighted by atomic mass is 35.5. The number of imidazole rings is 1. The number of rotatable bonds is 2. The molecule has 2 aromatic heterocycles. The molecule has 1 unspecified atom stereocenters. The van der Waals surface area contributed by atoms with Gasteiger partial charge in [0.25, 0.3) is 0 Å². The minimum Gasteiger partial charge on any atom is -0.356 e. The third kappa shape index (κ3) is 2.79. The smallest absolute Gasteiger partial charge is 0.165 e. The summed E-state index contributed by atoms with van der Waals surface area (Å²) >= 11 is 12.6. The lowest BCUT2D eigenvalue weighted by molar-refractivity contribution is 0.197. The number of hydrogen-bond donors (Lipinski definition) is 1. The number of halogens is 2. The van der Waals surface area contributed by atoms with Gasteiger partial charge in [-0.1, -0.05) is 41.8 Å². The van der Waals surface area contributed by atoms with Gasteiger partial charge in [-0.15, -0.1) is 0 Å². The minimum absolute atomic E-state index is 0.340. The molecule has 0 bridgehead atoms. The molecule has 2 aliphatic rings. The number of hydrogen-bond acceptors (Lipinski definition) is 4. The Morgan fingerprint density at radius 3 is 2.68 bits per heavy atom. The number of nitrogens with zero attached hydrogens (tertiary/aromatic N) is 4. The SMILES string of the molecule is NC1CCCC12CCN(c1cnc(-c3cccc(Cl)c3Cl)c3nccn13)CC2. The summed E-state index contributed by atoms with van der Waals surface area (Å²) < 4.78 is 2.10. The molecule has 0 amide bonds. The summed E-state index contributed by atoms with van der Waals surface area (Å²) in [7, 11) is 0. The lowest BCUT2D eigenvalue weighted by atomic mass is 9.74. The lowest BCUT2D eigenvalue weighted by Crippen LogP contribution is -2.47. The van der Waals surface area contributed by atoms with Crippen molar-refractivity contribution >= 4 is 34.7 Å². The van der Waals surface area contributed by atoms with Crippen LogP contribution in [0.1, 0.15) is 32.1 Å². The Balaban J connectivity index is 1.50. The van der Waals surface area contributed by atoms with E-state index >= 15 is 0 Å². The second-order valence-electron chi connectivity index (χ2n) is 8.04. The topological polar surface area (TPSA) is 59.5 Å². The number of aromatic nitrogens is 3. The molecule has 3 heterocycles. The molecule has 1 saturated carbocycles. The zero-order valence-electron chi connectivity index (χ0n) is 15.6. The Labute approximate surface area is 174 Å². The molecule has 7 heteroatoms. The monoisotopic (exact) mass is 415 g/mol. The highest BCUT2D eigenvalue weighted by Crippen LogP contribution is 2.46. The lowest BCUT2D eigenvalue weighted by Gasteiger charge is -2.42. The van der Waals surface area contributed by atoms with Gasteiger partial charge in [0.1, 0.15) is 11.5 Å². The number of piperidine rings is 1. The highest BCUT2D eigenvalue weighted by Gasteiger charge is 2.43. The predicted molar refractivity (Wildman–Crippen MR) is 114 cm³/mol. The largest absolute Gasteiger partial charge is 0.356 e. The quantitative estimate of drug-likeness (QED) is 0.652. The molecule has 5 rings (SSSR count). The van der Waals surface area contributed by atoms with Crippen molar-refractivity contribution in [2.75, 3.05) is 18.0 Å². The van der Waals surface area contributed by atoms with Gasteiger partial charge >= 0.3 is 0 Å². The number of anilines is 1. The zero-order chi connectivity index (χ0) is 19.3. The standard InChI is InChI=1S/C21H23Cl2N5/c22-15-4-1-3-14(18(15)23)19-20-25-9-12-28(20)17(13-26-19)27-10-7-21(8-11-27)6-2-5-16(21)24/h1,3-4,9,12-13,16H,2,5-8,10-11,24H2. The average molecular weight is 416 g/mol. The fraction of sp³-hybridized carbons (Fsp3) is 0.429. The normalized spacial score (nSPS) is 21.7. The summed E-state index contributed by atoms with van der Waals surface area (Å²) in [5.74, 6) is 1.07. The van der Waals surface area contributed by atoms with E-state index in [9.17, 15) is 0 Å². The number of fused-ring (bicyclic) bond motifs is 1. The predicted octanol–water partition coefficient (Wildman–Crippen LogP) is 4.80. The van der Waals surface area contributed by atoms with Crippen LogP contribution in [0.25, 0.3) is 16.9 Å². The van der Waals surface area contributed by atoms with Crippen molar-refractivity contribution in [3.8, 4) is 11.3 Å². The Bertz CT molecular complexity index is 1020.